The Labute approximate surface area is 245 Å². The van der Waals surface area contributed by atoms with Gasteiger partial charge in [0.15, 0.2) is 5.78 Å². The van der Waals surface area contributed by atoms with Crippen LogP contribution in [0.2, 0.25) is 0 Å². The maximum atomic E-state index is 15.1. The van der Waals surface area contributed by atoms with Gasteiger partial charge in [-0.05, 0) is 78.7 Å². The number of allylic oxidation sites excluding steroid dienone is 4. The molecule has 2 fully saturated rings. The third-order valence-corrected chi connectivity index (χ3v) is 10.1. The van der Waals surface area contributed by atoms with Crippen molar-refractivity contribution in [3.05, 3.63) is 58.2 Å². The number of aliphatic hydroxyl groups is 1. The Morgan fingerprint density at radius 3 is 2.42 bits per heavy atom. The molecule has 1 aromatic rings. The van der Waals surface area contributed by atoms with Gasteiger partial charge < -0.3 is 20.3 Å². The monoisotopic (exact) mass is 611 g/mol. The first-order valence-electron chi connectivity index (χ1n) is 14.4. The molecule has 2 unspecified atom stereocenters. The van der Waals surface area contributed by atoms with Crippen LogP contribution in [-0.2, 0) is 20.9 Å². The molecule has 4 aliphatic carbocycles. The Morgan fingerprint density at radius 2 is 1.77 bits per heavy atom. The second-order valence-corrected chi connectivity index (χ2v) is 12.4. The highest BCUT2D eigenvalue weighted by atomic mass is 19.4. The average molecular weight is 612 g/mol. The summed E-state index contributed by atoms with van der Waals surface area (Å²) in [6, 6.07) is 6.79. The number of carboxylic acids is 1. The molecular weight excluding hydrogens is 577 g/mol. The highest BCUT2D eigenvalue weighted by Crippen LogP contribution is 2.70. The Balaban J connectivity index is 1.48. The first-order valence-corrected chi connectivity index (χ1v) is 14.4. The number of hydrogen-bond donors (Lipinski definition) is 3. The van der Waals surface area contributed by atoms with Crippen LogP contribution in [0.15, 0.2) is 47.1 Å². The lowest BCUT2D eigenvalue weighted by Crippen LogP contribution is -2.65. The minimum atomic E-state index is -5.92. The number of amides is 1. The molecule has 1 aromatic carbocycles. The standard InChI is InChI=1S/C31H34F5NO6/c1-28-15-23(18-4-2-17(3-5-18)16-43-27(41)37-13-11-25(39)40)26-21-9-7-20(38)14-19(21)6-8-22(26)24(28)10-12-29(28,42)30(32,33)31(34,35)36/h2-5,14,22-24,42H,6-13,15-16H2,1H3,(H,37,41)(H,39,40)/t22?,23-,24?,28+,29+/m1/s1. The summed E-state index contributed by atoms with van der Waals surface area (Å²) in [6.07, 6.45) is -4.33. The molecule has 0 radical (unpaired) electrons. The van der Waals surface area contributed by atoms with Crippen LogP contribution in [0.4, 0.5) is 26.7 Å². The van der Waals surface area contributed by atoms with Crippen LogP contribution < -0.4 is 5.32 Å². The molecule has 0 heterocycles. The summed E-state index contributed by atoms with van der Waals surface area (Å²) in [5.41, 5.74) is -0.932. The van der Waals surface area contributed by atoms with E-state index < -0.39 is 53.4 Å². The molecule has 0 aliphatic heterocycles. The lowest BCUT2D eigenvalue weighted by atomic mass is 9.50. The van der Waals surface area contributed by atoms with E-state index in [1.165, 1.54) is 6.92 Å². The third kappa shape index (κ3) is 5.25. The van der Waals surface area contributed by atoms with Gasteiger partial charge in [0.05, 0.1) is 6.42 Å². The number of nitrogens with one attached hydrogen (secondary N) is 1. The molecule has 43 heavy (non-hydrogen) atoms. The summed E-state index contributed by atoms with van der Waals surface area (Å²) in [6.45, 7) is 1.14. The van der Waals surface area contributed by atoms with E-state index in [0.717, 1.165) is 16.7 Å². The van der Waals surface area contributed by atoms with Crippen molar-refractivity contribution in [2.24, 2.45) is 17.3 Å². The summed E-state index contributed by atoms with van der Waals surface area (Å²) in [4.78, 5) is 34.7. The van der Waals surface area contributed by atoms with Gasteiger partial charge in [-0.3, -0.25) is 9.59 Å². The molecule has 5 atom stereocenters. The SMILES string of the molecule is C[C@]12C[C@H](c3ccc(COC(=O)NCCC(=O)O)cc3)C3=C4CCC(=O)C=C4CCC3C1CC[C@@]2(O)C(F)(F)C(F)(F)F. The highest BCUT2D eigenvalue weighted by Gasteiger charge is 2.79. The quantitative estimate of drug-likeness (QED) is 0.316. The second-order valence-electron chi connectivity index (χ2n) is 12.4. The van der Waals surface area contributed by atoms with Crippen LogP contribution in [0.3, 0.4) is 0 Å². The summed E-state index contributed by atoms with van der Waals surface area (Å²) >= 11 is 0. The number of carbonyl (C=O) groups is 3. The van der Waals surface area contributed by atoms with Gasteiger partial charge in [-0.1, -0.05) is 36.8 Å². The van der Waals surface area contributed by atoms with Crippen LogP contribution in [0.25, 0.3) is 0 Å². The summed E-state index contributed by atoms with van der Waals surface area (Å²) in [5, 5.41) is 22.4. The number of ether oxygens (including phenoxy) is 1. The fourth-order valence-corrected chi connectivity index (χ4v) is 8.03. The highest BCUT2D eigenvalue weighted by molar-refractivity contribution is 5.93. The molecule has 7 nitrogen and oxygen atoms in total. The first kappa shape index (κ1) is 31.2. The van der Waals surface area contributed by atoms with Crippen LogP contribution in [0.1, 0.15) is 75.3 Å². The summed E-state index contributed by atoms with van der Waals surface area (Å²) in [5.74, 6) is -7.85. The lowest BCUT2D eigenvalue weighted by Gasteiger charge is -2.56. The van der Waals surface area contributed by atoms with E-state index >= 15 is 8.78 Å². The maximum absolute atomic E-state index is 15.1. The van der Waals surface area contributed by atoms with Gasteiger partial charge in [0.2, 0.25) is 0 Å². The Hall–Kier alpha value is -3.28. The van der Waals surface area contributed by atoms with Gasteiger partial charge in [0.25, 0.3) is 0 Å². The van der Waals surface area contributed by atoms with Crippen molar-refractivity contribution in [2.45, 2.75) is 88.5 Å². The molecule has 0 spiro atoms. The Bertz CT molecular complexity index is 1370. The maximum Gasteiger partial charge on any atom is 0.456 e. The van der Waals surface area contributed by atoms with Gasteiger partial charge in [-0.25, -0.2) is 4.79 Å². The van der Waals surface area contributed by atoms with Gasteiger partial charge in [0.1, 0.15) is 12.2 Å². The van der Waals surface area contributed by atoms with E-state index in [9.17, 15) is 32.7 Å². The number of benzene rings is 1. The van der Waals surface area contributed by atoms with Crippen molar-refractivity contribution in [3.8, 4) is 0 Å². The largest absolute Gasteiger partial charge is 0.481 e. The number of rotatable bonds is 7. The number of hydrogen-bond acceptors (Lipinski definition) is 5. The van der Waals surface area contributed by atoms with Crippen LogP contribution in [0, 0.1) is 17.3 Å². The topological polar surface area (TPSA) is 113 Å². The number of fused-ring (bicyclic) bond motifs is 4. The zero-order valence-corrected chi connectivity index (χ0v) is 23.6. The molecule has 12 heteroatoms. The summed E-state index contributed by atoms with van der Waals surface area (Å²) in [7, 11) is 0. The fraction of sp³-hybridized carbons (Fsp3) is 0.581. The molecule has 3 N–H and O–H groups in total. The molecule has 0 saturated heterocycles. The number of alkyl carbamates (subject to hydrolysis) is 1. The Morgan fingerprint density at radius 1 is 1.07 bits per heavy atom. The molecule has 5 rings (SSSR count). The number of alkyl halides is 5. The molecular formula is C31H34F5NO6. The average Bonchev–Trinajstić information content (AvgIpc) is 3.22. The smallest absolute Gasteiger partial charge is 0.456 e. The zero-order chi connectivity index (χ0) is 31.4. The molecule has 0 bridgehead atoms. The number of carboxylic acid groups (broad SMARTS) is 1. The molecule has 2 saturated carbocycles. The van der Waals surface area contributed by atoms with Crippen LogP contribution in [0.5, 0.6) is 0 Å². The van der Waals surface area contributed by atoms with Gasteiger partial charge >= 0.3 is 24.2 Å². The number of carbonyl (C=O) groups excluding carboxylic acids is 2. The van der Waals surface area contributed by atoms with Crippen LogP contribution >= 0.6 is 0 Å². The van der Waals surface area contributed by atoms with Crippen molar-refractivity contribution < 1.29 is 51.3 Å². The molecule has 0 aromatic heterocycles. The van der Waals surface area contributed by atoms with Crippen LogP contribution in [-0.4, -0.2) is 52.3 Å². The van der Waals surface area contributed by atoms with Crippen molar-refractivity contribution in [1.29, 1.82) is 0 Å². The minimum absolute atomic E-state index is 0.00593. The fourth-order valence-electron chi connectivity index (χ4n) is 8.03. The van der Waals surface area contributed by atoms with Crippen molar-refractivity contribution in [1.82, 2.24) is 5.32 Å². The molecule has 1 amide bonds. The number of halogens is 5. The lowest BCUT2D eigenvalue weighted by molar-refractivity contribution is -0.362. The minimum Gasteiger partial charge on any atom is -0.481 e. The van der Waals surface area contributed by atoms with Crippen molar-refractivity contribution in [2.75, 3.05) is 6.54 Å². The van der Waals surface area contributed by atoms with E-state index in [-0.39, 0.29) is 44.1 Å². The molecule has 234 valence electrons. The van der Waals surface area contributed by atoms with E-state index in [1.807, 2.05) is 0 Å². The van der Waals surface area contributed by atoms with E-state index in [4.69, 9.17) is 9.84 Å². The first-order chi connectivity index (χ1) is 20.1. The Kier molecular flexibility index (Phi) is 7.98. The predicted molar refractivity (Wildman–Crippen MR) is 143 cm³/mol. The van der Waals surface area contributed by atoms with Crippen molar-refractivity contribution in [3.63, 3.8) is 0 Å². The third-order valence-electron chi connectivity index (χ3n) is 10.1. The summed E-state index contributed by atoms with van der Waals surface area (Å²) < 4.78 is 76.5. The second kappa shape index (κ2) is 11.0. The number of ketones is 1. The zero-order valence-electron chi connectivity index (χ0n) is 23.6. The van der Waals surface area contributed by atoms with Gasteiger partial charge in [0, 0.05) is 24.3 Å². The van der Waals surface area contributed by atoms with Gasteiger partial charge in [-0.15, -0.1) is 0 Å². The molecule has 4 aliphatic rings. The van der Waals surface area contributed by atoms with Crippen molar-refractivity contribution >= 4 is 17.8 Å². The van der Waals surface area contributed by atoms with E-state index in [2.05, 4.69) is 5.32 Å². The van der Waals surface area contributed by atoms with Gasteiger partial charge in [-0.2, -0.15) is 22.0 Å². The normalized spacial score (nSPS) is 30.6. The number of aliphatic carboxylic acids is 1. The predicted octanol–water partition coefficient (Wildman–Crippen LogP) is 6.22. The van der Waals surface area contributed by atoms with E-state index in [0.29, 0.717) is 36.8 Å². The van der Waals surface area contributed by atoms with E-state index in [1.54, 1.807) is 30.3 Å².